The van der Waals surface area contributed by atoms with E-state index in [9.17, 15) is 5.26 Å². The highest BCUT2D eigenvalue weighted by molar-refractivity contribution is 5.74. The van der Waals surface area contributed by atoms with Gasteiger partial charge in [0.1, 0.15) is 11.8 Å². The number of nitriles is 1. The minimum absolute atomic E-state index is 0.179. The lowest BCUT2D eigenvalue weighted by Gasteiger charge is -2.46. The molecule has 3 aliphatic heterocycles. The average molecular weight is 409 g/mol. The fraction of sp³-hybridized carbons (Fsp3) is 0.652. The Morgan fingerprint density at radius 2 is 2.07 bits per heavy atom. The molecule has 0 unspecified atom stereocenters. The molecule has 1 N–H and O–H groups in total. The van der Waals surface area contributed by atoms with Gasteiger partial charge in [-0.1, -0.05) is 6.42 Å². The van der Waals surface area contributed by atoms with E-state index >= 15 is 0 Å². The number of piperidine rings is 2. The number of anilines is 1. The number of ether oxygens (including phenoxy) is 1. The molecule has 7 nitrogen and oxygen atoms in total. The van der Waals surface area contributed by atoms with E-state index in [1.54, 1.807) is 10.7 Å². The molecule has 1 spiro atoms. The molecular weight excluding hydrogens is 376 g/mol. The Morgan fingerprint density at radius 3 is 2.83 bits per heavy atom. The summed E-state index contributed by atoms with van der Waals surface area (Å²) >= 11 is 0. The van der Waals surface area contributed by atoms with Crippen molar-refractivity contribution in [1.82, 2.24) is 19.8 Å². The van der Waals surface area contributed by atoms with Crippen LogP contribution in [0.25, 0.3) is 5.52 Å². The topological polar surface area (TPSA) is 68.8 Å². The monoisotopic (exact) mass is 408 g/mol. The highest BCUT2D eigenvalue weighted by atomic mass is 16.5. The third kappa shape index (κ3) is 3.80. The van der Waals surface area contributed by atoms with Crippen LogP contribution in [0, 0.1) is 11.3 Å². The minimum atomic E-state index is 0.179. The van der Waals surface area contributed by atoms with Crippen molar-refractivity contribution in [3.8, 4) is 6.07 Å². The van der Waals surface area contributed by atoms with Crippen LogP contribution in [0.15, 0.2) is 24.4 Å². The van der Waals surface area contributed by atoms with Crippen molar-refractivity contribution in [3.63, 3.8) is 0 Å². The molecule has 2 aromatic rings. The van der Waals surface area contributed by atoms with E-state index in [1.165, 1.54) is 38.6 Å². The zero-order valence-electron chi connectivity index (χ0n) is 17.9. The second-order valence-electron chi connectivity index (χ2n) is 9.28. The molecule has 160 valence electrons. The lowest BCUT2D eigenvalue weighted by atomic mass is 9.80. The number of nitrogens with zero attached hydrogens (tertiary/aromatic N) is 5. The van der Waals surface area contributed by atoms with Gasteiger partial charge in [0.2, 0.25) is 0 Å². The molecule has 5 heterocycles. The molecule has 7 heteroatoms. The van der Waals surface area contributed by atoms with Crippen molar-refractivity contribution >= 4 is 11.2 Å². The highest BCUT2D eigenvalue weighted by Crippen LogP contribution is 2.31. The van der Waals surface area contributed by atoms with Crippen molar-refractivity contribution in [2.24, 2.45) is 0 Å². The van der Waals surface area contributed by atoms with Gasteiger partial charge < -0.3 is 19.9 Å². The van der Waals surface area contributed by atoms with Gasteiger partial charge in [-0.3, -0.25) is 0 Å². The predicted octanol–water partition coefficient (Wildman–Crippen LogP) is 2.41. The Bertz CT molecular complexity index is 917. The number of morpholine rings is 1. The molecule has 3 fully saturated rings. The summed E-state index contributed by atoms with van der Waals surface area (Å²) < 4.78 is 8.08. The van der Waals surface area contributed by atoms with Crippen molar-refractivity contribution < 1.29 is 4.74 Å². The van der Waals surface area contributed by atoms with Gasteiger partial charge in [0.05, 0.1) is 29.6 Å². The van der Waals surface area contributed by atoms with Gasteiger partial charge in [-0.05, 0) is 70.4 Å². The van der Waals surface area contributed by atoms with Gasteiger partial charge in [-0.2, -0.15) is 10.4 Å². The summed E-state index contributed by atoms with van der Waals surface area (Å²) in [5, 5.41) is 17.5. The quantitative estimate of drug-likeness (QED) is 0.841. The van der Waals surface area contributed by atoms with E-state index in [2.05, 4.69) is 39.3 Å². The van der Waals surface area contributed by atoms with Gasteiger partial charge in [-0.15, -0.1) is 0 Å². The molecule has 3 saturated heterocycles. The van der Waals surface area contributed by atoms with Gasteiger partial charge >= 0.3 is 0 Å². The van der Waals surface area contributed by atoms with Gasteiger partial charge in [0, 0.05) is 25.2 Å². The lowest BCUT2D eigenvalue weighted by Crippen LogP contribution is -2.57. The molecule has 0 bridgehead atoms. The molecule has 2 aromatic heterocycles. The van der Waals surface area contributed by atoms with Crippen molar-refractivity contribution in [1.29, 1.82) is 5.26 Å². The molecule has 2 atom stereocenters. The first-order valence-electron chi connectivity index (χ1n) is 11.4. The Morgan fingerprint density at radius 1 is 1.20 bits per heavy atom. The zero-order valence-corrected chi connectivity index (χ0v) is 17.9. The van der Waals surface area contributed by atoms with Crippen LogP contribution >= 0.6 is 0 Å². The van der Waals surface area contributed by atoms with Crippen LogP contribution in [0.5, 0.6) is 0 Å². The Hall–Kier alpha value is -2.14. The molecule has 0 aromatic carbocycles. The number of fused-ring (bicyclic) bond motifs is 1. The maximum Gasteiger partial charge on any atom is 0.142 e. The first-order chi connectivity index (χ1) is 14.7. The molecule has 0 saturated carbocycles. The molecule has 3 aliphatic rings. The average Bonchev–Trinajstić information content (AvgIpc) is 3.25. The van der Waals surface area contributed by atoms with Crippen LogP contribution in [0.4, 0.5) is 5.69 Å². The largest absolute Gasteiger partial charge is 0.370 e. The summed E-state index contributed by atoms with van der Waals surface area (Å²) in [5.41, 5.74) is 3.09. The maximum absolute atomic E-state index is 9.36. The van der Waals surface area contributed by atoms with Crippen LogP contribution in [-0.4, -0.2) is 71.5 Å². The van der Waals surface area contributed by atoms with E-state index in [-0.39, 0.29) is 12.2 Å². The van der Waals surface area contributed by atoms with E-state index in [0.29, 0.717) is 11.2 Å². The second kappa shape index (κ2) is 8.18. The van der Waals surface area contributed by atoms with Gasteiger partial charge in [0.15, 0.2) is 0 Å². The van der Waals surface area contributed by atoms with E-state index in [4.69, 9.17) is 4.74 Å². The molecule has 30 heavy (non-hydrogen) atoms. The number of nitrogens with one attached hydrogen (secondary N) is 1. The smallest absolute Gasteiger partial charge is 0.142 e. The fourth-order valence-electron chi connectivity index (χ4n) is 5.61. The summed E-state index contributed by atoms with van der Waals surface area (Å²) in [4.78, 5) is 5.00. The molecule has 0 radical (unpaired) electrons. The van der Waals surface area contributed by atoms with Crippen molar-refractivity contribution in [3.05, 3.63) is 30.1 Å². The van der Waals surface area contributed by atoms with E-state index < -0.39 is 0 Å². The molecule has 0 aliphatic carbocycles. The number of likely N-dealkylation sites (tertiary alicyclic amines) is 1. The number of hydrogen-bond donors (Lipinski definition) is 1. The molecular formula is C23H32N6O. The first kappa shape index (κ1) is 19.8. The van der Waals surface area contributed by atoms with Crippen molar-refractivity contribution in [2.75, 3.05) is 44.2 Å². The summed E-state index contributed by atoms with van der Waals surface area (Å²) in [6.07, 6.45) is 8.69. The van der Waals surface area contributed by atoms with Crippen LogP contribution in [0.3, 0.4) is 0 Å². The Kier molecular flexibility index (Phi) is 5.40. The third-order valence-corrected chi connectivity index (χ3v) is 7.17. The zero-order chi connectivity index (χ0) is 20.6. The fourth-order valence-corrected chi connectivity index (χ4v) is 5.61. The van der Waals surface area contributed by atoms with Gasteiger partial charge in [0.25, 0.3) is 0 Å². The number of aromatic nitrogens is 2. The van der Waals surface area contributed by atoms with Gasteiger partial charge in [-0.25, -0.2) is 4.52 Å². The number of pyridine rings is 1. The normalized spacial score (nSPS) is 27.4. The second-order valence-corrected chi connectivity index (χ2v) is 9.28. The lowest BCUT2D eigenvalue weighted by molar-refractivity contribution is -0.0387. The SMILES string of the molecule is C[C@@H]1CN(c2ccc(C#N)n3nccc23)C[C@H](CN2CCC3(CCCCN3)CC2)O1. The highest BCUT2D eigenvalue weighted by Gasteiger charge is 2.36. The van der Waals surface area contributed by atoms with Crippen LogP contribution in [0.1, 0.15) is 44.7 Å². The standard InChI is InChI=1S/C23H32N6O/c1-18-15-28(21-5-4-19(14-24)29-22(21)6-11-26-29)17-20(30-18)16-27-12-8-23(9-13-27)7-2-3-10-25-23/h4-6,11,18,20,25H,2-3,7-10,12-13,15-17H2,1H3/t18-,20+/m1/s1. The van der Waals surface area contributed by atoms with Crippen molar-refractivity contribution in [2.45, 2.75) is 56.8 Å². The molecule has 0 amide bonds. The Labute approximate surface area is 178 Å². The van der Waals surface area contributed by atoms with Crippen LogP contribution in [0.2, 0.25) is 0 Å². The summed E-state index contributed by atoms with van der Waals surface area (Å²) in [6.45, 7) is 8.38. The molecule has 5 rings (SSSR count). The van der Waals surface area contributed by atoms with E-state index in [1.807, 2.05) is 12.1 Å². The predicted molar refractivity (Wildman–Crippen MR) is 117 cm³/mol. The number of rotatable bonds is 3. The van der Waals surface area contributed by atoms with E-state index in [0.717, 1.165) is 43.9 Å². The third-order valence-electron chi connectivity index (χ3n) is 7.17. The first-order valence-corrected chi connectivity index (χ1v) is 11.4. The van der Waals surface area contributed by atoms with Crippen LogP contribution < -0.4 is 10.2 Å². The summed E-state index contributed by atoms with van der Waals surface area (Å²) in [5.74, 6) is 0. The number of hydrogen-bond acceptors (Lipinski definition) is 6. The minimum Gasteiger partial charge on any atom is -0.370 e. The summed E-state index contributed by atoms with van der Waals surface area (Å²) in [6, 6.07) is 8.15. The summed E-state index contributed by atoms with van der Waals surface area (Å²) in [7, 11) is 0. The maximum atomic E-state index is 9.36. The Balaban J connectivity index is 1.26. The van der Waals surface area contributed by atoms with Crippen LogP contribution in [-0.2, 0) is 4.74 Å².